The Balaban J connectivity index is 2.05. The highest BCUT2D eigenvalue weighted by molar-refractivity contribution is 6.00. The molecule has 1 aliphatic heterocycles. The number of allylic oxidation sites excluding steroid dienone is 1. The van der Waals surface area contributed by atoms with E-state index in [9.17, 15) is 9.90 Å². The number of carbonyl (C=O) groups excluding carboxylic acids is 1. The zero-order valence-corrected chi connectivity index (χ0v) is 19.3. The fourth-order valence-corrected chi connectivity index (χ4v) is 8.03. The number of fused-ring (bicyclic) bond motifs is 5. The standard InChI is InChI=1S/C24H38O5/c1-13-9-10-24(26)14(2)19-22(5)12-29-15(22)11-16(27-7)23(19,6)20(25)18(28-8)17(13)21(24,3)4/h13-16,19,26H,9-12H2,1-8H3/b18-17+. The zero-order chi connectivity index (χ0) is 21.6. The first-order valence-electron chi connectivity index (χ1n) is 11.1. The Bertz CT molecular complexity index is 756. The van der Waals surface area contributed by atoms with Gasteiger partial charge in [-0.2, -0.15) is 0 Å². The molecule has 29 heavy (non-hydrogen) atoms. The van der Waals surface area contributed by atoms with E-state index < -0.39 is 16.4 Å². The molecule has 164 valence electrons. The molecule has 1 heterocycles. The SMILES string of the molecule is CO/C1=C2\C(C)CCC(O)(C(C)C3C4(C)COC4CC(OC)C3(C)C1=O)C2(C)C. The summed E-state index contributed by atoms with van der Waals surface area (Å²) in [5, 5.41) is 12.3. The van der Waals surface area contributed by atoms with Crippen LogP contribution in [-0.2, 0) is 19.0 Å². The molecule has 0 aromatic rings. The number of ether oxygens (including phenoxy) is 3. The Morgan fingerprint density at radius 2 is 1.79 bits per heavy atom. The average Bonchev–Trinajstić information content (AvgIpc) is 2.65. The molecule has 1 N–H and O–H groups in total. The lowest BCUT2D eigenvalue weighted by Gasteiger charge is -2.68. The van der Waals surface area contributed by atoms with E-state index in [-0.39, 0.29) is 41.2 Å². The first-order valence-corrected chi connectivity index (χ1v) is 11.1. The van der Waals surface area contributed by atoms with Crippen LogP contribution < -0.4 is 0 Å². The van der Waals surface area contributed by atoms with Gasteiger partial charge >= 0.3 is 0 Å². The number of hydrogen-bond donors (Lipinski definition) is 1. The number of hydrogen-bond acceptors (Lipinski definition) is 5. The van der Waals surface area contributed by atoms with Crippen LogP contribution >= 0.6 is 0 Å². The van der Waals surface area contributed by atoms with Crippen molar-refractivity contribution >= 4 is 5.78 Å². The van der Waals surface area contributed by atoms with Crippen LogP contribution in [0.5, 0.6) is 0 Å². The lowest BCUT2D eigenvalue weighted by Crippen LogP contribution is -2.73. The lowest BCUT2D eigenvalue weighted by molar-refractivity contribution is -0.301. The van der Waals surface area contributed by atoms with E-state index in [0.29, 0.717) is 18.8 Å². The van der Waals surface area contributed by atoms with Crippen LogP contribution in [0.2, 0.25) is 0 Å². The van der Waals surface area contributed by atoms with Crippen molar-refractivity contribution in [3.8, 4) is 0 Å². The highest BCUT2D eigenvalue weighted by Gasteiger charge is 2.72. The van der Waals surface area contributed by atoms with Gasteiger partial charge in [0.2, 0.25) is 5.78 Å². The second kappa shape index (κ2) is 6.30. The number of carbonyl (C=O) groups is 1. The molecule has 8 unspecified atom stereocenters. The van der Waals surface area contributed by atoms with Gasteiger partial charge in [-0.25, -0.2) is 0 Å². The van der Waals surface area contributed by atoms with Gasteiger partial charge in [0, 0.05) is 24.4 Å². The quantitative estimate of drug-likeness (QED) is 0.757. The maximum absolute atomic E-state index is 14.3. The second-order valence-electron chi connectivity index (χ2n) is 11.1. The summed E-state index contributed by atoms with van der Waals surface area (Å²) in [6.45, 7) is 13.4. The molecule has 8 atom stereocenters. The third kappa shape index (κ3) is 2.30. The van der Waals surface area contributed by atoms with Crippen molar-refractivity contribution in [1.82, 2.24) is 0 Å². The molecule has 5 heteroatoms. The number of aliphatic hydroxyl groups is 1. The Kier molecular flexibility index (Phi) is 4.64. The topological polar surface area (TPSA) is 65.0 Å². The van der Waals surface area contributed by atoms with Gasteiger partial charge in [-0.15, -0.1) is 0 Å². The Labute approximate surface area is 175 Å². The predicted octanol–water partition coefficient (Wildman–Crippen LogP) is 3.74. The average molecular weight is 407 g/mol. The minimum atomic E-state index is -0.927. The normalized spacial score (nSPS) is 53.8. The fraction of sp³-hybridized carbons (Fsp3) is 0.875. The molecule has 4 rings (SSSR count). The van der Waals surface area contributed by atoms with E-state index in [1.807, 2.05) is 6.92 Å². The minimum Gasteiger partial charge on any atom is -0.493 e. The first-order chi connectivity index (χ1) is 13.4. The summed E-state index contributed by atoms with van der Waals surface area (Å²) in [5.41, 5.74) is -1.45. The molecule has 0 aromatic heterocycles. The number of rotatable bonds is 2. The van der Waals surface area contributed by atoms with E-state index in [2.05, 4.69) is 34.6 Å². The third-order valence-electron chi connectivity index (χ3n) is 9.67. The molecule has 3 fully saturated rings. The van der Waals surface area contributed by atoms with Crippen LogP contribution in [0.1, 0.15) is 60.8 Å². The maximum atomic E-state index is 14.3. The van der Waals surface area contributed by atoms with Gasteiger partial charge in [-0.3, -0.25) is 4.79 Å². The molecular weight excluding hydrogens is 368 g/mol. The molecule has 2 bridgehead atoms. The van der Waals surface area contributed by atoms with E-state index in [1.165, 1.54) is 0 Å². The number of methoxy groups -OCH3 is 2. The van der Waals surface area contributed by atoms with Crippen LogP contribution in [-0.4, -0.2) is 49.5 Å². The first kappa shape index (κ1) is 21.3. The summed E-state index contributed by atoms with van der Waals surface area (Å²) in [4.78, 5) is 14.3. The van der Waals surface area contributed by atoms with Gasteiger partial charge < -0.3 is 19.3 Å². The van der Waals surface area contributed by atoms with Gasteiger partial charge in [0.05, 0.1) is 36.9 Å². The lowest BCUT2D eigenvalue weighted by atomic mass is 9.41. The van der Waals surface area contributed by atoms with Crippen molar-refractivity contribution in [1.29, 1.82) is 0 Å². The summed E-state index contributed by atoms with van der Waals surface area (Å²) in [6.07, 6.45) is 2.06. The highest BCUT2D eigenvalue weighted by atomic mass is 16.5. The van der Waals surface area contributed by atoms with E-state index >= 15 is 0 Å². The summed E-state index contributed by atoms with van der Waals surface area (Å²) < 4.78 is 17.8. The van der Waals surface area contributed by atoms with Crippen molar-refractivity contribution in [3.63, 3.8) is 0 Å². The summed E-state index contributed by atoms with van der Waals surface area (Å²) in [5.74, 6) is 0.529. The molecule has 0 radical (unpaired) electrons. The molecule has 1 saturated heterocycles. The Hall–Kier alpha value is -0.910. The maximum Gasteiger partial charge on any atom is 0.206 e. The summed E-state index contributed by atoms with van der Waals surface area (Å²) in [6, 6.07) is 0. The van der Waals surface area contributed by atoms with Gasteiger partial charge in [0.25, 0.3) is 0 Å². The largest absolute Gasteiger partial charge is 0.493 e. The molecular formula is C24H38O5. The van der Waals surface area contributed by atoms with Crippen LogP contribution in [0.25, 0.3) is 0 Å². The zero-order valence-electron chi connectivity index (χ0n) is 19.3. The molecule has 0 spiro atoms. The number of ketones is 1. The second-order valence-corrected chi connectivity index (χ2v) is 11.1. The van der Waals surface area contributed by atoms with Crippen molar-refractivity contribution in [2.75, 3.05) is 20.8 Å². The molecule has 2 saturated carbocycles. The Morgan fingerprint density at radius 3 is 2.31 bits per heavy atom. The van der Waals surface area contributed by atoms with Crippen LogP contribution in [0.15, 0.2) is 11.3 Å². The van der Waals surface area contributed by atoms with E-state index in [1.54, 1.807) is 14.2 Å². The van der Waals surface area contributed by atoms with Crippen LogP contribution in [0, 0.1) is 34.0 Å². The molecule has 3 aliphatic carbocycles. The Morgan fingerprint density at radius 1 is 1.14 bits per heavy atom. The fourth-order valence-electron chi connectivity index (χ4n) is 8.03. The minimum absolute atomic E-state index is 0.0363. The monoisotopic (exact) mass is 406 g/mol. The summed E-state index contributed by atoms with van der Waals surface area (Å²) >= 11 is 0. The highest BCUT2D eigenvalue weighted by Crippen LogP contribution is 2.67. The van der Waals surface area contributed by atoms with Crippen molar-refractivity contribution in [2.24, 2.45) is 34.0 Å². The van der Waals surface area contributed by atoms with Crippen LogP contribution in [0.3, 0.4) is 0 Å². The summed E-state index contributed by atoms with van der Waals surface area (Å²) in [7, 11) is 3.29. The predicted molar refractivity (Wildman–Crippen MR) is 110 cm³/mol. The van der Waals surface area contributed by atoms with E-state index in [4.69, 9.17) is 14.2 Å². The van der Waals surface area contributed by atoms with E-state index in [0.717, 1.165) is 18.4 Å². The van der Waals surface area contributed by atoms with Gasteiger partial charge in [0.1, 0.15) is 0 Å². The molecule has 0 aromatic carbocycles. The van der Waals surface area contributed by atoms with Gasteiger partial charge in [0.15, 0.2) is 5.76 Å². The smallest absolute Gasteiger partial charge is 0.206 e. The molecule has 0 amide bonds. The van der Waals surface area contributed by atoms with Crippen molar-refractivity contribution < 1.29 is 24.1 Å². The van der Waals surface area contributed by atoms with Crippen molar-refractivity contribution in [3.05, 3.63) is 11.3 Å². The molecule has 5 nitrogen and oxygen atoms in total. The molecule has 4 aliphatic rings. The van der Waals surface area contributed by atoms with Crippen LogP contribution in [0.4, 0.5) is 0 Å². The third-order valence-corrected chi connectivity index (χ3v) is 9.67. The van der Waals surface area contributed by atoms with Crippen molar-refractivity contribution in [2.45, 2.75) is 78.6 Å². The number of Topliss-reactive ketones (excluding diaryl/α,β-unsaturated/α-hetero) is 1. The van der Waals surface area contributed by atoms with Gasteiger partial charge in [-0.1, -0.05) is 34.6 Å². The van der Waals surface area contributed by atoms with Gasteiger partial charge in [-0.05, 0) is 43.1 Å².